The number of hydrogen-bond donors (Lipinski definition) is 1. The maximum Gasteiger partial charge on any atom is 0.144 e. The molecule has 2 heterocycles. The molecule has 1 aromatic heterocycles. The standard InChI is InChI=1S/C19H17ClFN3O/c1-25-18-7-6-13(20)11-17(18)24-19-14(8-9-22-19)16(23-24)10-12-4-2-3-5-15(12)21/h2-7,11,22H,8-10H2,1H3. The van der Waals surface area contributed by atoms with Crippen molar-refractivity contribution in [1.29, 1.82) is 0 Å². The smallest absolute Gasteiger partial charge is 0.144 e. The molecular weight excluding hydrogens is 341 g/mol. The molecule has 0 saturated carbocycles. The van der Waals surface area contributed by atoms with Gasteiger partial charge in [0.05, 0.1) is 12.8 Å². The number of hydrogen-bond acceptors (Lipinski definition) is 3. The summed E-state index contributed by atoms with van der Waals surface area (Å²) in [6.45, 7) is 0.834. The topological polar surface area (TPSA) is 39.1 Å². The number of anilines is 1. The van der Waals surface area contributed by atoms with E-state index in [0.717, 1.165) is 35.7 Å². The minimum Gasteiger partial charge on any atom is -0.494 e. The molecule has 1 aliphatic rings. The molecule has 0 fully saturated rings. The van der Waals surface area contributed by atoms with Crippen molar-refractivity contribution in [2.45, 2.75) is 12.8 Å². The molecule has 0 radical (unpaired) electrons. The van der Waals surface area contributed by atoms with Gasteiger partial charge in [-0.05, 0) is 36.2 Å². The monoisotopic (exact) mass is 357 g/mol. The normalized spacial score (nSPS) is 12.8. The van der Waals surface area contributed by atoms with E-state index in [0.29, 0.717) is 22.8 Å². The van der Waals surface area contributed by atoms with Gasteiger partial charge in [-0.25, -0.2) is 9.07 Å². The Kier molecular flexibility index (Phi) is 4.09. The van der Waals surface area contributed by atoms with Crippen LogP contribution in [0.2, 0.25) is 5.02 Å². The molecule has 1 N–H and O–H groups in total. The zero-order valence-electron chi connectivity index (χ0n) is 13.7. The second-order valence-electron chi connectivity index (χ2n) is 5.95. The molecule has 128 valence electrons. The minimum absolute atomic E-state index is 0.211. The Bertz CT molecular complexity index is 938. The van der Waals surface area contributed by atoms with Crippen LogP contribution < -0.4 is 10.1 Å². The van der Waals surface area contributed by atoms with Gasteiger partial charge in [-0.1, -0.05) is 29.8 Å². The van der Waals surface area contributed by atoms with Crippen molar-refractivity contribution in [2.24, 2.45) is 0 Å². The fraction of sp³-hybridized carbons (Fsp3) is 0.211. The Morgan fingerprint density at radius 1 is 1.28 bits per heavy atom. The van der Waals surface area contributed by atoms with Gasteiger partial charge in [0.25, 0.3) is 0 Å². The minimum atomic E-state index is -0.211. The first-order chi connectivity index (χ1) is 12.2. The van der Waals surface area contributed by atoms with Gasteiger partial charge in [0.1, 0.15) is 23.1 Å². The summed E-state index contributed by atoms with van der Waals surface area (Å²) in [5.74, 6) is 1.39. The first-order valence-corrected chi connectivity index (χ1v) is 8.47. The largest absolute Gasteiger partial charge is 0.494 e. The highest BCUT2D eigenvalue weighted by Crippen LogP contribution is 2.34. The van der Waals surface area contributed by atoms with Gasteiger partial charge in [0.2, 0.25) is 0 Å². The van der Waals surface area contributed by atoms with Crippen LogP contribution >= 0.6 is 11.6 Å². The van der Waals surface area contributed by atoms with Crippen molar-refractivity contribution >= 4 is 17.4 Å². The summed E-state index contributed by atoms with van der Waals surface area (Å²) in [5, 5.41) is 8.71. The molecule has 3 aromatic rings. The predicted octanol–water partition coefficient (Wildman–Crippen LogP) is 4.23. The molecule has 0 saturated heterocycles. The van der Waals surface area contributed by atoms with E-state index in [1.807, 2.05) is 22.9 Å². The summed E-state index contributed by atoms with van der Waals surface area (Å²) in [4.78, 5) is 0. The van der Waals surface area contributed by atoms with E-state index in [-0.39, 0.29) is 5.82 Å². The summed E-state index contributed by atoms with van der Waals surface area (Å²) in [6, 6.07) is 12.2. The average molecular weight is 358 g/mol. The van der Waals surface area contributed by atoms with Crippen LogP contribution in [0.15, 0.2) is 42.5 Å². The van der Waals surface area contributed by atoms with E-state index in [1.165, 1.54) is 6.07 Å². The molecule has 0 spiro atoms. The van der Waals surface area contributed by atoms with E-state index >= 15 is 0 Å². The summed E-state index contributed by atoms with van der Waals surface area (Å²) in [5.41, 5.74) is 3.39. The number of methoxy groups -OCH3 is 1. The Morgan fingerprint density at radius 2 is 2.12 bits per heavy atom. The zero-order valence-corrected chi connectivity index (χ0v) is 14.5. The van der Waals surface area contributed by atoms with Gasteiger partial charge in [-0.2, -0.15) is 5.10 Å². The van der Waals surface area contributed by atoms with Crippen LogP contribution in [0.25, 0.3) is 5.69 Å². The molecule has 4 nitrogen and oxygen atoms in total. The van der Waals surface area contributed by atoms with Gasteiger partial charge in [0, 0.05) is 23.6 Å². The molecule has 4 rings (SSSR count). The lowest BCUT2D eigenvalue weighted by molar-refractivity contribution is 0.412. The van der Waals surface area contributed by atoms with Crippen molar-refractivity contribution < 1.29 is 9.13 Å². The number of aromatic nitrogens is 2. The summed E-state index contributed by atoms with van der Waals surface area (Å²) < 4.78 is 21.3. The first kappa shape index (κ1) is 16.0. The Morgan fingerprint density at radius 3 is 2.92 bits per heavy atom. The maximum absolute atomic E-state index is 14.0. The quantitative estimate of drug-likeness (QED) is 0.759. The van der Waals surface area contributed by atoms with E-state index in [2.05, 4.69) is 5.32 Å². The Labute approximate surface area is 150 Å². The average Bonchev–Trinajstić information content (AvgIpc) is 3.20. The molecular formula is C19H17ClFN3O. The van der Waals surface area contributed by atoms with E-state index in [1.54, 1.807) is 25.3 Å². The molecule has 25 heavy (non-hydrogen) atoms. The summed E-state index contributed by atoms with van der Waals surface area (Å²) >= 11 is 6.17. The lowest BCUT2D eigenvalue weighted by Crippen LogP contribution is -2.07. The second-order valence-corrected chi connectivity index (χ2v) is 6.38. The van der Waals surface area contributed by atoms with Crippen LogP contribution in [-0.2, 0) is 12.8 Å². The van der Waals surface area contributed by atoms with Gasteiger partial charge >= 0.3 is 0 Å². The van der Waals surface area contributed by atoms with Crippen molar-refractivity contribution in [3.8, 4) is 11.4 Å². The maximum atomic E-state index is 14.0. The van der Waals surface area contributed by atoms with Crippen LogP contribution in [0.4, 0.5) is 10.2 Å². The molecule has 1 aliphatic heterocycles. The first-order valence-electron chi connectivity index (χ1n) is 8.09. The van der Waals surface area contributed by atoms with Gasteiger partial charge < -0.3 is 10.1 Å². The Balaban J connectivity index is 1.81. The van der Waals surface area contributed by atoms with E-state index < -0.39 is 0 Å². The van der Waals surface area contributed by atoms with Crippen LogP contribution in [0.3, 0.4) is 0 Å². The van der Waals surface area contributed by atoms with Gasteiger partial charge in [0.15, 0.2) is 0 Å². The molecule has 6 heteroatoms. The fourth-order valence-corrected chi connectivity index (χ4v) is 3.38. The van der Waals surface area contributed by atoms with Crippen LogP contribution in [-0.4, -0.2) is 23.4 Å². The third-order valence-electron chi connectivity index (χ3n) is 4.42. The van der Waals surface area contributed by atoms with Crippen LogP contribution in [0.5, 0.6) is 5.75 Å². The number of ether oxygens (including phenoxy) is 1. The van der Waals surface area contributed by atoms with Crippen molar-refractivity contribution in [1.82, 2.24) is 9.78 Å². The highest BCUT2D eigenvalue weighted by atomic mass is 35.5. The molecule has 2 aromatic carbocycles. The molecule has 0 unspecified atom stereocenters. The zero-order chi connectivity index (χ0) is 17.4. The second kappa shape index (κ2) is 6.41. The van der Waals surface area contributed by atoms with Crippen molar-refractivity contribution in [3.63, 3.8) is 0 Å². The SMILES string of the molecule is COc1ccc(Cl)cc1-n1nc(Cc2ccccc2F)c2c1NCC2. The highest BCUT2D eigenvalue weighted by Gasteiger charge is 2.25. The van der Waals surface area contributed by atoms with E-state index in [9.17, 15) is 4.39 Å². The third kappa shape index (κ3) is 2.85. The van der Waals surface area contributed by atoms with Crippen molar-refractivity contribution in [2.75, 3.05) is 19.0 Å². The van der Waals surface area contributed by atoms with E-state index in [4.69, 9.17) is 21.4 Å². The molecule has 0 amide bonds. The number of benzene rings is 2. The lowest BCUT2D eigenvalue weighted by atomic mass is 10.1. The van der Waals surface area contributed by atoms with Crippen LogP contribution in [0, 0.1) is 5.82 Å². The van der Waals surface area contributed by atoms with Crippen molar-refractivity contribution in [3.05, 3.63) is 70.1 Å². The number of nitrogens with zero attached hydrogens (tertiary/aromatic N) is 2. The number of rotatable bonds is 4. The predicted molar refractivity (Wildman–Crippen MR) is 96.5 cm³/mol. The number of fused-ring (bicyclic) bond motifs is 1. The number of halogens is 2. The highest BCUT2D eigenvalue weighted by molar-refractivity contribution is 6.30. The third-order valence-corrected chi connectivity index (χ3v) is 4.65. The lowest BCUT2D eigenvalue weighted by Gasteiger charge is -2.11. The fourth-order valence-electron chi connectivity index (χ4n) is 3.21. The van der Waals surface area contributed by atoms with Gasteiger partial charge in [-0.3, -0.25) is 0 Å². The molecule has 0 atom stereocenters. The summed E-state index contributed by atoms with van der Waals surface area (Å²) in [7, 11) is 1.62. The molecule has 0 bridgehead atoms. The molecule has 0 aliphatic carbocycles. The number of nitrogens with one attached hydrogen (secondary N) is 1. The summed E-state index contributed by atoms with van der Waals surface area (Å²) in [6.07, 6.45) is 1.31. The van der Waals surface area contributed by atoms with Gasteiger partial charge in [-0.15, -0.1) is 0 Å². The van der Waals surface area contributed by atoms with Crippen LogP contribution in [0.1, 0.15) is 16.8 Å². The Hall–Kier alpha value is -2.53.